The number of aryl methyl sites for hydroxylation is 1. The highest BCUT2D eigenvalue weighted by Gasteiger charge is 2.16. The Labute approximate surface area is 230 Å². The molecule has 194 valence electrons. The molecular weight excluding hydrogens is 527 g/mol. The van der Waals surface area contributed by atoms with Gasteiger partial charge >= 0.3 is 5.97 Å². The lowest BCUT2D eigenvalue weighted by atomic mass is 10.0. The number of hydrogen-bond acceptors (Lipinski definition) is 2. The summed E-state index contributed by atoms with van der Waals surface area (Å²) < 4.78 is 4.98. The number of carbonyl (C=O) groups is 1. The number of esters is 1. The van der Waals surface area contributed by atoms with Gasteiger partial charge < -0.3 is 4.74 Å². The summed E-state index contributed by atoms with van der Waals surface area (Å²) in [5, 5.41) is 4.26. The Balaban J connectivity index is 0.00000456. The van der Waals surface area contributed by atoms with Gasteiger partial charge in [0.15, 0.2) is 0 Å². The van der Waals surface area contributed by atoms with Crippen LogP contribution in [-0.4, -0.2) is 12.6 Å². The zero-order valence-electron chi connectivity index (χ0n) is 21.7. The summed E-state index contributed by atoms with van der Waals surface area (Å²) in [5.74, 6) is -0.0465. The molecule has 3 rings (SSSR count). The van der Waals surface area contributed by atoms with E-state index in [1.807, 2.05) is 6.92 Å². The van der Waals surface area contributed by atoms with Crippen LogP contribution < -0.4 is 15.9 Å². The Bertz CT molecular complexity index is 938. The van der Waals surface area contributed by atoms with Crippen LogP contribution >= 0.6 is 24.9 Å². The van der Waals surface area contributed by atoms with Gasteiger partial charge in [0, 0.05) is 6.42 Å². The van der Waals surface area contributed by atoms with Gasteiger partial charge in [-0.2, -0.15) is 0 Å². The van der Waals surface area contributed by atoms with Crippen LogP contribution in [0, 0.1) is 0 Å². The minimum atomic E-state index is -0.527. The van der Waals surface area contributed by atoms with Crippen molar-refractivity contribution in [1.29, 1.82) is 0 Å². The molecular formula is C32H42BrO2P. The van der Waals surface area contributed by atoms with Crippen molar-refractivity contribution >= 4 is 46.8 Å². The van der Waals surface area contributed by atoms with E-state index in [4.69, 9.17) is 4.74 Å². The fourth-order valence-electron chi connectivity index (χ4n) is 4.52. The van der Waals surface area contributed by atoms with Gasteiger partial charge in [0.1, 0.15) is 0 Å². The van der Waals surface area contributed by atoms with E-state index < -0.39 is 7.92 Å². The molecule has 0 fully saturated rings. The topological polar surface area (TPSA) is 26.3 Å². The molecule has 0 N–H and O–H groups in total. The van der Waals surface area contributed by atoms with E-state index in [0.717, 1.165) is 19.3 Å². The smallest absolute Gasteiger partial charge is 0.305 e. The largest absolute Gasteiger partial charge is 0.466 e. The molecule has 4 heteroatoms. The molecule has 0 aliphatic heterocycles. The fraction of sp³-hybridized carbons (Fsp3) is 0.406. The third-order valence-corrected chi connectivity index (χ3v) is 8.77. The highest BCUT2D eigenvalue weighted by Crippen LogP contribution is 2.32. The summed E-state index contributed by atoms with van der Waals surface area (Å²) in [6.07, 6.45) is 12.9. The first-order chi connectivity index (χ1) is 17.3. The molecule has 0 spiro atoms. The quantitative estimate of drug-likeness (QED) is 0.0992. The monoisotopic (exact) mass is 568 g/mol. The number of halogens is 1. The van der Waals surface area contributed by atoms with E-state index >= 15 is 0 Å². The molecule has 0 aliphatic rings. The summed E-state index contributed by atoms with van der Waals surface area (Å²) in [4.78, 5) is 11.3. The summed E-state index contributed by atoms with van der Waals surface area (Å²) in [6.45, 7) is 2.36. The number of carbonyl (C=O) groups excluding carboxylic acids is 1. The number of ether oxygens (including phenoxy) is 1. The van der Waals surface area contributed by atoms with Crippen LogP contribution in [0.3, 0.4) is 0 Å². The van der Waals surface area contributed by atoms with Crippen molar-refractivity contribution < 1.29 is 9.53 Å². The van der Waals surface area contributed by atoms with Gasteiger partial charge in [-0.05, 0) is 55.6 Å². The summed E-state index contributed by atoms with van der Waals surface area (Å²) >= 11 is 0. The number of rotatable bonds is 16. The van der Waals surface area contributed by atoms with Crippen molar-refractivity contribution in [2.45, 2.75) is 77.6 Å². The van der Waals surface area contributed by atoms with Crippen LogP contribution in [-0.2, 0) is 16.0 Å². The van der Waals surface area contributed by atoms with Gasteiger partial charge in [-0.3, -0.25) is 4.79 Å². The third-order valence-electron chi connectivity index (χ3n) is 6.35. The molecule has 0 aromatic heterocycles. The number of unbranched alkanes of at least 4 members (excludes halogenated alkanes) is 8. The van der Waals surface area contributed by atoms with Crippen molar-refractivity contribution in [2.24, 2.45) is 0 Å². The second-order valence-corrected chi connectivity index (χ2v) is 11.4. The lowest BCUT2D eigenvalue weighted by Gasteiger charge is -2.20. The maximum Gasteiger partial charge on any atom is 0.305 e. The third kappa shape index (κ3) is 11.0. The Morgan fingerprint density at radius 1 is 0.639 bits per heavy atom. The van der Waals surface area contributed by atoms with Crippen molar-refractivity contribution in [1.82, 2.24) is 0 Å². The van der Waals surface area contributed by atoms with Crippen LogP contribution in [0.2, 0.25) is 0 Å². The molecule has 3 aromatic rings. The van der Waals surface area contributed by atoms with Crippen LogP contribution in [0.15, 0.2) is 84.9 Å². The Morgan fingerprint density at radius 3 is 1.69 bits per heavy atom. The Morgan fingerprint density at radius 2 is 1.14 bits per heavy atom. The minimum Gasteiger partial charge on any atom is -0.466 e. The second kappa shape index (κ2) is 18.3. The van der Waals surface area contributed by atoms with Crippen LogP contribution in [0.4, 0.5) is 0 Å². The normalized spacial score (nSPS) is 10.7. The van der Waals surface area contributed by atoms with E-state index in [9.17, 15) is 4.79 Å². The van der Waals surface area contributed by atoms with Crippen molar-refractivity contribution in [3.05, 3.63) is 90.5 Å². The van der Waals surface area contributed by atoms with Crippen molar-refractivity contribution in [3.8, 4) is 0 Å². The predicted molar refractivity (Wildman–Crippen MR) is 162 cm³/mol. The van der Waals surface area contributed by atoms with E-state index in [-0.39, 0.29) is 23.0 Å². The zero-order valence-corrected chi connectivity index (χ0v) is 24.3. The van der Waals surface area contributed by atoms with E-state index in [0.29, 0.717) is 13.0 Å². The predicted octanol–water partition coefficient (Wildman–Crippen LogP) is 8.03. The average Bonchev–Trinajstić information content (AvgIpc) is 2.89. The standard InChI is InChI=1S/C32H41O2P.BrH/c1-2-34-32(33)26-17-9-7-5-3-4-6-8-12-19-28-20-18-25-31(27-28)35(29-21-13-10-14-22-29)30-23-15-11-16-24-30;/h10-11,13-16,18,20-25,27H,2-9,12,17,19,26H2,1H3;1H. The first-order valence-electron chi connectivity index (χ1n) is 13.4. The molecule has 0 unspecified atom stereocenters. The van der Waals surface area contributed by atoms with Crippen LogP contribution in [0.5, 0.6) is 0 Å². The maximum absolute atomic E-state index is 11.3. The summed E-state index contributed by atoms with van der Waals surface area (Å²) in [7, 11) is -0.527. The highest BCUT2D eigenvalue weighted by atomic mass is 79.9. The molecule has 0 amide bonds. The molecule has 0 atom stereocenters. The Hall–Kier alpha value is -1.96. The number of hydrogen-bond donors (Lipinski definition) is 0. The van der Waals surface area contributed by atoms with Gasteiger partial charge in [-0.15, -0.1) is 17.0 Å². The SMILES string of the molecule is Br.CCOC(=O)CCCCCCCCCCCc1cccc(P(c2ccccc2)c2ccccc2)c1. The first-order valence-corrected chi connectivity index (χ1v) is 14.8. The minimum absolute atomic E-state index is 0. The zero-order chi connectivity index (χ0) is 24.6. The van der Waals surface area contributed by atoms with Gasteiger partial charge in [0.05, 0.1) is 6.61 Å². The molecule has 0 radical (unpaired) electrons. The van der Waals surface area contributed by atoms with Crippen molar-refractivity contribution in [2.75, 3.05) is 6.61 Å². The van der Waals surface area contributed by atoms with Gasteiger partial charge in [-0.1, -0.05) is 130 Å². The molecule has 2 nitrogen and oxygen atoms in total. The number of benzene rings is 3. The second-order valence-electron chi connectivity index (χ2n) is 9.16. The van der Waals surface area contributed by atoms with Gasteiger partial charge in [0.2, 0.25) is 0 Å². The molecule has 0 aliphatic carbocycles. The summed E-state index contributed by atoms with van der Waals surface area (Å²) in [6, 6.07) is 31.2. The van der Waals surface area contributed by atoms with E-state index in [2.05, 4.69) is 84.9 Å². The van der Waals surface area contributed by atoms with E-state index in [1.165, 1.54) is 66.4 Å². The molecule has 3 aromatic carbocycles. The highest BCUT2D eigenvalue weighted by molar-refractivity contribution is 8.93. The van der Waals surface area contributed by atoms with E-state index in [1.54, 1.807) is 0 Å². The Kier molecular flexibility index (Phi) is 15.4. The van der Waals surface area contributed by atoms with Crippen molar-refractivity contribution in [3.63, 3.8) is 0 Å². The average molecular weight is 570 g/mol. The van der Waals surface area contributed by atoms with Crippen LogP contribution in [0.25, 0.3) is 0 Å². The molecule has 0 saturated heterocycles. The summed E-state index contributed by atoms with van der Waals surface area (Å²) in [5.41, 5.74) is 1.46. The molecule has 36 heavy (non-hydrogen) atoms. The maximum atomic E-state index is 11.3. The lowest BCUT2D eigenvalue weighted by molar-refractivity contribution is -0.143. The van der Waals surface area contributed by atoms with Crippen LogP contribution in [0.1, 0.15) is 76.7 Å². The first kappa shape index (κ1) is 30.3. The van der Waals surface area contributed by atoms with Gasteiger partial charge in [-0.25, -0.2) is 0 Å². The molecule has 0 saturated carbocycles. The fourth-order valence-corrected chi connectivity index (χ4v) is 6.89. The lowest BCUT2D eigenvalue weighted by Crippen LogP contribution is -2.20. The molecule has 0 heterocycles. The van der Waals surface area contributed by atoms with Gasteiger partial charge in [0.25, 0.3) is 0 Å². The molecule has 0 bridgehead atoms.